The molecule has 5 nitrogen and oxygen atoms in total. The van der Waals surface area contributed by atoms with Crippen molar-refractivity contribution in [2.45, 2.75) is 0 Å². The molecule has 0 aromatic heterocycles. The number of halogens is 2. The van der Waals surface area contributed by atoms with Crippen LogP contribution in [0.15, 0.2) is 46.0 Å². The number of methoxy groups -OCH3 is 1. The highest BCUT2D eigenvalue weighted by atomic mass is 79.9. The van der Waals surface area contributed by atoms with Crippen LogP contribution in [0.5, 0.6) is 11.5 Å². The van der Waals surface area contributed by atoms with Crippen LogP contribution in [0.2, 0.25) is 5.02 Å². The van der Waals surface area contributed by atoms with Gasteiger partial charge in [0.05, 0.1) is 23.9 Å². The first-order valence-corrected chi connectivity index (χ1v) is 8.25. The lowest BCUT2D eigenvalue weighted by Crippen LogP contribution is -2.18. The maximum Gasteiger partial charge on any atom is 0.272 e. The number of carbonyl (C=O) groups excluding carboxylic acids is 1. The van der Waals surface area contributed by atoms with Gasteiger partial charge in [-0.05, 0) is 45.8 Å². The number of hydrazone groups is 1. The summed E-state index contributed by atoms with van der Waals surface area (Å²) in [6, 6.07) is 10.4. The number of ether oxygens (including phenoxy) is 2. The lowest BCUT2D eigenvalue weighted by atomic mass is 10.2. The first-order chi connectivity index (χ1) is 12.1. The quantitative estimate of drug-likeness (QED) is 0.437. The fourth-order valence-electron chi connectivity index (χ4n) is 1.94. The Labute approximate surface area is 159 Å². The van der Waals surface area contributed by atoms with Gasteiger partial charge in [-0.15, -0.1) is 6.42 Å². The Kier molecular flexibility index (Phi) is 6.87. The Morgan fingerprint density at radius 1 is 1.44 bits per heavy atom. The summed E-state index contributed by atoms with van der Waals surface area (Å²) in [5.74, 6) is 2.80. The zero-order valence-electron chi connectivity index (χ0n) is 13.3. The molecule has 0 saturated heterocycles. The predicted molar refractivity (Wildman–Crippen MR) is 102 cm³/mol. The lowest BCUT2D eigenvalue weighted by Gasteiger charge is -2.11. The van der Waals surface area contributed by atoms with Gasteiger partial charge in [0.15, 0.2) is 11.5 Å². The second kappa shape index (κ2) is 9.11. The maximum absolute atomic E-state index is 12.1. The zero-order chi connectivity index (χ0) is 18.2. The van der Waals surface area contributed by atoms with E-state index >= 15 is 0 Å². The molecule has 2 aromatic rings. The second-order valence-electron chi connectivity index (χ2n) is 4.71. The van der Waals surface area contributed by atoms with E-state index in [4.69, 9.17) is 27.5 Å². The number of nitrogens with zero attached hydrogens (tertiary/aromatic N) is 1. The number of benzene rings is 2. The number of hydrogen-bond donors (Lipinski definition) is 1. The molecule has 0 atom stereocenters. The van der Waals surface area contributed by atoms with Gasteiger partial charge in [-0.2, -0.15) is 5.10 Å². The van der Waals surface area contributed by atoms with Crippen LogP contribution in [-0.4, -0.2) is 25.8 Å². The third-order valence-electron chi connectivity index (χ3n) is 3.05. The lowest BCUT2D eigenvalue weighted by molar-refractivity contribution is 0.0954. The average molecular weight is 422 g/mol. The SMILES string of the molecule is C#CCOc1c(Cl)cc(/C=N\NC(=O)c2ccccc2Br)cc1OC. The molecule has 0 aliphatic rings. The summed E-state index contributed by atoms with van der Waals surface area (Å²) in [4.78, 5) is 12.1. The van der Waals surface area contributed by atoms with E-state index < -0.39 is 0 Å². The summed E-state index contributed by atoms with van der Waals surface area (Å²) >= 11 is 9.49. The van der Waals surface area contributed by atoms with Crippen LogP contribution in [0.25, 0.3) is 0 Å². The molecule has 2 rings (SSSR count). The van der Waals surface area contributed by atoms with Crippen LogP contribution in [0.1, 0.15) is 15.9 Å². The van der Waals surface area contributed by atoms with Gasteiger partial charge in [-0.3, -0.25) is 4.79 Å². The molecule has 0 heterocycles. The van der Waals surface area contributed by atoms with Crippen molar-refractivity contribution >= 4 is 39.7 Å². The number of carbonyl (C=O) groups is 1. The van der Waals surface area contributed by atoms with E-state index in [0.29, 0.717) is 32.1 Å². The number of hydrogen-bond acceptors (Lipinski definition) is 4. The zero-order valence-corrected chi connectivity index (χ0v) is 15.6. The summed E-state index contributed by atoms with van der Waals surface area (Å²) in [6.07, 6.45) is 6.63. The van der Waals surface area contributed by atoms with Crippen molar-refractivity contribution in [3.8, 4) is 23.8 Å². The fraction of sp³-hybridized carbons (Fsp3) is 0.111. The largest absolute Gasteiger partial charge is 0.493 e. The van der Waals surface area contributed by atoms with Crippen LogP contribution in [0.3, 0.4) is 0 Å². The minimum atomic E-state index is -0.337. The van der Waals surface area contributed by atoms with E-state index in [1.54, 1.807) is 30.3 Å². The molecule has 0 saturated carbocycles. The summed E-state index contributed by atoms with van der Waals surface area (Å²) < 4.78 is 11.3. The molecule has 0 radical (unpaired) electrons. The molecule has 1 N–H and O–H groups in total. The van der Waals surface area contributed by atoms with E-state index in [2.05, 4.69) is 32.4 Å². The van der Waals surface area contributed by atoms with E-state index in [0.717, 1.165) is 0 Å². The molecule has 25 heavy (non-hydrogen) atoms. The summed E-state index contributed by atoms with van der Waals surface area (Å²) in [5, 5.41) is 4.26. The topological polar surface area (TPSA) is 59.9 Å². The Hall–Kier alpha value is -2.49. The van der Waals surface area contributed by atoms with E-state index in [9.17, 15) is 4.79 Å². The van der Waals surface area contributed by atoms with Gasteiger partial charge in [-0.1, -0.05) is 29.7 Å². The van der Waals surface area contributed by atoms with Gasteiger partial charge in [-0.25, -0.2) is 5.43 Å². The van der Waals surface area contributed by atoms with Gasteiger partial charge in [0.25, 0.3) is 5.91 Å². The van der Waals surface area contributed by atoms with Gasteiger partial charge in [0.1, 0.15) is 6.61 Å². The minimum absolute atomic E-state index is 0.0749. The molecule has 0 aliphatic carbocycles. The average Bonchev–Trinajstić information content (AvgIpc) is 2.60. The molecule has 2 aromatic carbocycles. The van der Waals surface area contributed by atoms with Crippen molar-refractivity contribution in [3.05, 3.63) is 57.0 Å². The Balaban J connectivity index is 2.13. The molecule has 0 bridgehead atoms. The Morgan fingerprint density at radius 3 is 2.88 bits per heavy atom. The number of amides is 1. The van der Waals surface area contributed by atoms with Crippen LogP contribution in [-0.2, 0) is 0 Å². The van der Waals surface area contributed by atoms with Crippen molar-refractivity contribution in [3.63, 3.8) is 0 Å². The highest BCUT2D eigenvalue weighted by Gasteiger charge is 2.11. The summed E-state index contributed by atoms with van der Waals surface area (Å²) in [7, 11) is 1.49. The number of terminal acetylenes is 1. The molecule has 1 amide bonds. The van der Waals surface area contributed by atoms with Crippen molar-refractivity contribution in [1.29, 1.82) is 0 Å². The number of nitrogens with one attached hydrogen (secondary N) is 1. The minimum Gasteiger partial charge on any atom is -0.493 e. The van der Waals surface area contributed by atoms with Crippen LogP contribution in [0, 0.1) is 12.3 Å². The van der Waals surface area contributed by atoms with Crippen molar-refractivity contribution < 1.29 is 14.3 Å². The molecule has 7 heteroatoms. The monoisotopic (exact) mass is 420 g/mol. The first kappa shape index (κ1) is 18.8. The third-order valence-corrected chi connectivity index (χ3v) is 4.02. The third kappa shape index (κ3) is 4.99. The predicted octanol–water partition coefficient (Wildman–Crippen LogP) is 3.89. The van der Waals surface area contributed by atoms with Gasteiger partial charge < -0.3 is 9.47 Å². The standard InChI is InChI=1S/C18H14BrClN2O3/c1-3-8-25-17-15(20)9-12(10-16(17)24-2)11-21-22-18(23)13-6-4-5-7-14(13)19/h1,4-7,9-11H,8H2,2H3,(H,22,23)/b21-11-. The van der Waals surface area contributed by atoms with Crippen LogP contribution >= 0.6 is 27.5 Å². The molecule has 0 aliphatic heterocycles. The Morgan fingerprint density at radius 2 is 2.20 bits per heavy atom. The second-order valence-corrected chi connectivity index (χ2v) is 5.97. The highest BCUT2D eigenvalue weighted by Crippen LogP contribution is 2.35. The molecule has 128 valence electrons. The normalized spacial score (nSPS) is 10.3. The van der Waals surface area contributed by atoms with Crippen LogP contribution in [0.4, 0.5) is 0 Å². The molecular weight excluding hydrogens is 408 g/mol. The summed E-state index contributed by atoms with van der Waals surface area (Å²) in [6.45, 7) is 0.0749. The van der Waals surface area contributed by atoms with Crippen molar-refractivity contribution in [1.82, 2.24) is 5.43 Å². The molecule has 0 fully saturated rings. The van der Waals surface area contributed by atoms with Crippen molar-refractivity contribution in [2.24, 2.45) is 5.10 Å². The first-order valence-electron chi connectivity index (χ1n) is 7.08. The highest BCUT2D eigenvalue weighted by molar-refractivity contribution is 9.10. The van der Waals surface area contributed by atoms with Gasteiger partial charge in [0, 0.05) is 4.47 Å². The maximum atomic E-state index is 12.1. The Bertz CT molecular complexity index is 847. The van der Waals surface area contributed by atoms with Gasteiger partial charge in [0.2, 0.25) is 0 Å². The summed E-state index contributed by atoms with van der Waals surface area (Å²) in [5.41, 5.74) is 3.56. The molecule has 0 spiro atoms. The molecular formula is C18H14BrClN2O3. The van der Waals surface area contributed by atoms with E-state index in [-0.39, 0.29) is 12.5 Å². The van der Waals surface area contributed by atoms with E-state index in [1.165, 1.54) is 13.3 Å². The smallest absolute Gasteiger partial charge is 0.272 e. The van der Waals surface area contributed by atoms with Crippen LogP contribution < -0.4 is 14.9 Å². The van der Waals surface area contributed by atoms with E-state index in [1.807, 2.05) is 6.07 Å². The molecule has 0 unspecified atom stereocenters. The number of rotatable bonds is 6. The van der Waals surface area contributed by atoms with Gasteiger partial charge >= 0.3 is 0 Å². The fourth-order valence-corrected chi connectivity index (χ4v) is 2.68. The van der Waals surface area contributed by atoms with Crippen molar-refractivity contribution in [2.75, 3.05) is 13.7 Å².